The third-order valence-electron chi connectivity index (χ3n) is 5.05. The van der Waals surface area contributed by atoms with Crippen LogP contribution in [0.3, 0.4) is 0 Å². The van der Waals surface area contributed by atoms with Gasteiger partial charge in [0.05, 0.1) is 11.0 Å². The number of aryl methyl sites for hydroxylation is 1. The summed E-state index contributed by atoms with van der Waals surface area (Å²) >= 11 is 1.60. The van der Waals surface area contributed by atoms with Crippen LogP contribution in [0.2, 0.25) is 0 Å². The Bertz CT molecular complexity index is 817. The van der Waals surface area contributed by atoms with E-state index in [9.17, 15) is 13.5 Å². The Morgan fingerprint density at radius 2 is 1.80 bits per heavy atom. The van der Waals surface area contributed by atoms with Crippen molar-refractivity contribution in [1.29, 1.82) is 0 Å². The van der Waals surface area contributed by atoms with Gasteiger partial charge >= 0.3 is 0 Å². The number of hydrogen-bond donors (Lipinski definition) is 2. The molecule has 0 amide bonds. The van der Waals surface area contributed by atoms with Crippen molar-refractivity contribution in [2.24, 2.45) is 0 Å². The number of thiophene rings is 1. The van der Waals surface area contributed by atoms with Crippen LogP contribution < -0.4 is 4.72 Å². The first-order valence-corrected chi connectivity index (χ1v) is 11.0. The van der Waals surface area contributed by atoms with Crippen LogP contribution in [0.1, 0.15) is 54.0 Å². The fraction of sp³-hybridized carbons (Fsp3) is 0.474. The maximum absolute atomic E-state index is 12.6. The molecule has 2 aromatic rings. The van der Waals surface area contributed by atoms with Gasteiger partial charge in [-0.15, -0.1) is 11.3 Å². The van der Waals surface area contributed by atoms with E-state index in [4.69, 9.17) is 0 Å². The van der Waals surface area contributed by atoms with Crippen LogP contribution in [0.5, 0.6) is 0 Å². The molecule has 1 aliphatic carbocycles. The Morgan fingerprint density at radius 3 is 2.36 bits per heavy atom. The summed E-state index contributed by atoms with van der Waals surface area (Å²) < 4.78 is 28.1. The maximum atomic E-state index is 12.6. The van der Waals surface area contributed by atoms with Gasteiger partial charge in [0.2, 0.25) is 10.0 Å². The average Bonchev–Trinajstić information content (AvgIpc) is 3.24. The molecule has 4 nitrogen and oxygen atoms in total. The molecular formula is C19H25NO3S2. The molecule has 0 bridgehead atoms. The van der Waals surface area contributed by atoms with E-state index in [2.05, 4.69) is 10.8 Å². The number of aliphatic hydroxyl groups is 1. The van der Waals surface area contributed by atoms with Crippen molar-refractivity contribution in [1.82, 2.24) is 4.72 Å². The van der Waals surface area contributed by atoms with Crippen molar-refractivity contribution in [2.45, 2.75) is 55.9 Å². The van der Waals surface area contributed by atoms with E-state index in [1.54, 1.807) is 30.4 Å². The lowest BCUT2D eigenvalue weighted by Gasteiger charge is -2.28. The van der Waals surface area contributed by atoms with Crippen LogP contribution in [0.25, 0.3) is 0 Å². The number of benzene rings is 1. The SMILES string of the molecule is Cc1ccc(S(=O)(=O)NCC2(c3ccc(C(C)O)s3)CCCC2)cc1. The number of hydrogen-bond acceptors (Lipinski definition) is 4. The Hall–Kier alpha value is -1.21. The molecule has 0 spiro atoms. The van der Waals surface area contributed by atoms with E-state index in [1.807, 2.05) is 25.1 Å². The Balaban J connectivity index is 1.81. The van der Waals surface area contributed by atoms with E-state index in [1.165, 1.54) is 4.88 Å². The standard InChI is InChI=1S/C19H25NO3S2/c1-14-5-7-16(8-6-14)25(22,23)20-13-19(11-3-4-12-19)18-10-9-17(24-18)15(2)21/h5-10,15,20-21H,3-4,11-13H2,1-2H3. The second-order valence-corrected chi connectivity index (χ2v) is 9.89. The zero-order chi connectivity index (χ0) is 18.1. The third-order valence-corrected chi connectivity index (χ3v) is 7.97. The van der Waals surface area contributed by atoms with Gasteiger partial charge in [0.25, 0.3) is 0 Å². The number of sulfonamides is 1. The lowest BCUT2D eigenvalue weighted by Crippen LogP contribution is -2.38. The Kier molecular flexibility index (Phi) is 5.34. The predicted octanol–water partition coefficient (Wildman–Crippen LogP) is 3.90. The summed E-state index contributed by atoms with van der Waals surface area (Å²) in [6, 6.07) is 10.9. The fourth-order valence-electron chi connectivity index (χ4n) is 3.46. The topological polar surface area (TPSA) is 66.4 Å². The Labute approximate surface area is 154 Å². The van der Waals surface area contributed by atoms with Crippen molar-refractivity contribution in [3.63, 3.8) is 0 Å². The minimum atomic E-state index is -3.51. The van der Waals surface area contributed by atoms with Gasteiger partial charge in [0, 0.05) is 21.7 Å². The zero-order valence-electron chi connectivity index (χ0n) is 14.7. The molecule has 6 heteroatoms. The molecule has 1 aromatic heterocycles. The van der Waals surface area contributed by atoms with Crippen molar-refractivity contribution in [3.05, 3.63) is 51.7 Å². The van der Waals surface area contributed by atoms with Gasteiger partial charge < -0.3 is 5.11 Å². The molecule has 1 aromatic carbocycles. The monoisotopic (exact) mass is 379 g/mol. The highest BCUT2D eigenvalue weighted by Crippen LogP contribution is 2.44. The van der Waals surface area contributed by atoms with Crippen molar-refractivity contribution < 1.29 is 13.5 Å². The van der Waals surface area contributed by atoms with Crippen LogP contribution in [-0.4, -0.2) is 20.1 Å². The summed E-state index contributed by atoms with van der Waals surface area (Å²) in [6.07, 6.45) is 3.68. The van der Waals surface area contributed by atoms with E-state index >= 15 is 0 Å². The summed E-state index contributed by atoms with van der Waals surface area (Å²) in [5.74, 6) is 0. The summed E-state index contributed by atoms with van der Waals surface area (Å²) in [4.78, 5) is 2.41. The van der Waals surface area contributed by atoms with Crippen LogP contribution in [0.4, 0.5) is 0 Å². The van der Waals surface area contributed by atoms with Gasteiger partial charge in [-0.25, -0.2) is 13.1 Å². The highest BCUT2D eigenvalue weighted by molar-refractivity contribution is 7.89. The number of nitrogens with one attached hydrogen (secondary N) is 1. The first-order chi connectivity index (χ1) is 11.8. The van der Waals surface area contributed by atoms with Crippen molar-refractivity contribution in [3.8, 4) is 0 Å². The smallest absolute Gasteiger partial charge is 0.240 e. The fourth-order valence-corrected chi connectivity index (χ4v) is 5.78. The molecule has 3 rings (SSSR count). The molecule has 2 N–H and O–H groups in total. The first-order valence-electron chi connectivity index (χ1n) is 8.67. The zero-order valence-corrected chi connectivity index (χ0v) is 16.3. The molecule has 1 aliphatic rings. The molecule has 25 heavy (non-hydrogen) atoms. The largest absolute Gasteiger partial charge is 0.388 e. The number of aliphatic hydroxyl groups excluding tert-OH is 1. The van der Waals surface area contributed by atoms with Crippen LogP contribution >= 0.6 is 11.3 Å². The Morgan fingerprint density at radius 1 is 1.16 bits per heavy atom. The molecule has 1 heterocycles. The van der Waals surface area contributed by atoms with Gasteiger partial charge in [-0.2, -0.15) is 0 Å². The second-order valence-electron chi connectivity index (χ2n) is 7.00. The van der Waals surface area contributed by atoms with Crippen LogP contribution in [-0.2, 0) is 15.4 Å². The summed E-state index contributed by atoms with van der Waals surface area (Å²) in [5, 5.41) is 9.79. The molecule has 1 saturated carbocycles. The molecule has 1 fully saturated rings. The van der Waals surface area contributed by atoms with E-state index in [0.717, 1.165) is 36.1 Å². The maximum Gasteiger partial charge on any atom is 0.240 e. The first kappa shape index (κ1) is 18.6. The highest BCUT2D eigenvalue weighted by Gasteiger charge is 2.38. The quantitative estimate of drug-likeness (QED) is 0.800. The molecule has 1 unspecified atom stereocenters. The van der Waals surface area contributed by atoms with Gasteiger partial charge in [-0.05, 0) is 51.0 Å². The van der Waals surface area contributed by atoms with E-state index in [-0.39, 0.29) is 5.41 Å². The predicted molar refractivity (Wildman–Crippen MR) is 101 cm³/mol. The molecule has 0 aliphatic heterocycles. The molecule has 0 saturated heterocycles. The third kappa shape index (κ3) is 3.97. The number of rotatable bonds is 6. The van der Waals surface area contributed by atoms with Crippen molar-refractivity contribution in [2.75, 3.05) is 6.54 Å². The van der Waals surface area contributed by atoms with Gasteiger partial charge in [0.15, 0.2) is 0 Å². The molecule has 1 atom stereocenters. The van der Waals surface area contributed by atoms with Gasteiger partial charge in [0.1, 0.15) is 0 Å². The molecule has 136 valence electrons. The molecule has 0 radical (unpaired) electrons. The normalized spacial score (nSPS) is 18.4. The van der Waals surface area contributed by atoms with Crippen LogP contribution in [0.15, 0.2) is 41.3 Å². The van der Waals surface area contributed by atoms with E-state index in [0.29, 0.717) is 11.4 Å². The second kappa shape index (κ2) is 7.19. The summed E-state index contributed by atoms with van der Waals surface area (Å²) in [7, 11) is -3.51. The summed E-state index contributed by atoms with van der Waals surface area (Å²) in [5.41, 5.74) is 0.880. The summed E-state index contributed by atoms with van der Waals surface area (Å²) in [6.45, 7) is 4.11. The average molecular weight is 380 g/mol. The van der Waals surface area contributed by atoms with E-state index < -0.39 is 16.1 Å². The minimum absolute atomic E-state index is 0.157. The van der Waals surface area contributed by atoms with Gasteiger partial charge in [-0.1, -0.05) is 30.5 Å². The van der Waals surface area contributed by atoms with Crippen molar-refractivity contribution >= 4 is 21.4 Å². The minimum Gasteiger partial charge on any atom is -0.388 e. The van der Waals surface area contributed by atoms with Crippen LogP contribution in [0, 0.1) is 6.92 Å². The molecular weight excluding hydrogens is 354 g/mol. The highest BCUT2D eigenvalue weighted by atomic mass is 32.2. The lowest BCUT2D eigenvalue weighted by molar-refractivity contribution is 0.203. The van der Waals surface area contributed by atoms with Gasteiger partial charge in [-0.3, -0.25) is 0 Å². The lowest BCUT2D eigenvalue weighted by atomic mass is 9.85.